The number of carbonyl (C=O) groups is 2. The van der Waals surface area contributed by atoms with E-state index in [4.69, 9.17) is 4.74 Å². The summed E-state index contributed by atoms with van der Waals surface area (Å²) in [6.45, 7) is 8.42. The normalized spacial score (nSPS) is 23.5. The molecule has 2 fully saturated rings. The van der Waals surface area contributed by atoms with Gasteiger partial charge in [-0.05, 0) is 51.5 Å². The van der Waals surface area contributed by atoms with Crippen LogP contribution in [0.3, 0.4) is 0 Å². The van der Waals surface area contributed by atoms with Crippen molar-refractivity contribution in [3.63, 3.8) is 0 Å². The molecule has 0 radical (unpaired) electrons. The summed E-state index contributed by atoms with van der Waals surface area (Å²) >= 11 is 0. The number of ether oxygens (including phenoxy) is 1. The van der Waals surface area contributed by atoms with Gasteiger partial charge in [-0.2, -0.15) is 4.31 Å². The Morgan fingerprint density at radius 2 is 1.71 bits per heavy atom. The third-order valence-corrected chi connectivity index (χ3v) is 6.77. The molecule has 1 amide bonds. The van der Waals surface area contributed by atoms with E-state index in [1.807, 2.05) is 20.8 Å². The minimum atomic E-state index is -3.15. The van der Waals surface area contributed by atoms with E-state index >= 15 is 0 Å². The Hall–Kier alpha value is -2.01. The van der Waals surface area contributed by atoms with Gasteiger partial charge >= 0.3 is 5.97 Å². The average Bonchev–Trinajstić information content (AvgIpc) is 3.17. The summed E-state index contributed by atoms with van der Waals surface area (Å²) in [6, 6.07) is 6.53. The van der Waals surface area contributed by atoms with E-state index in [1.165, 1.54) is 10.6 Å². The molecule has 31 heavy (non-hydrogen) atoms. The Kier molecular flexibility index (Phi) is 7.04. The molecule has 3 rings (SSSR count). The lowest BCUT2D eigenvalue weighted by Crippen LogP contribution is -2.52. The van der Waals surface area contributed by atoms with Crippen molar-refractivity contribution in [1.82, 2.24) is 14.5 Å². The van der Waals surface area contributed by atoms with Crippen LogP contribution in [0.4, 0.5) is 5.69 Å². The molecule has 10 heteroatoms. The second kappa shape index (κ2) is 9.23. The number of anilines is 1. The van der Waals surface area contributed by atoms with E-state index in [1.54, 1.807) is 24.3 Å². The number of nitrogens with one attached hydrogen (secondary N) is 2. The fourth-order valence-electron chi connectivity index (χ4n) is 3.85. The Bertz CT molecular complexity index is 903. The predicted molar refractivity (Wildman–Crippen MR) is 118 cm³/mol. The van der Waals surface area contributed by atoms with Gasteiger partial charge in [0.05, 0.1) is 17.9 Å². The van der Waals surface area contributed by atoms with E-state index in [9.17, 15) is 18.0 Å². The summed E-state index contributed by atoms with van der Waals surface area (Å²) < 4.78 is 30.2. The summed E-state index contributed by atoms with van der Waals surface area (Å²) in [5.74, 6) is -0.524. The van der Waals surface area contributed by atoms with Crippen molar-refractivity contribution >= 4 is 27.6 Å². The van der Waals surface area contributed by atoms with Gasteiger partial charge in [0.2, 0.25) is 15.9 Å². The maximum Gasteiger partial charge on any atom is 0.338 e. The summed E-state index contributed by atoms with van der Waals surface area (Å²) in [6.07, 6.45) is 1.90. The third kappa shape index (κ3) is 6.49. The summed E-state index contributed by atoms with van der Waals surface area (Å²) in [5.41, 5.74) is 0.482. The molecule has 0 bridgehead atoms. The monoisotopic (exact) mass is 452 g/mol. The largest absolute Gasteiger partial charge is 0.456 e. The fourth-order valence-corrected chi connectivity index (χ4v) is 4.68. The number of carbonyl (C=O) groups excluding carboxylic acids is 2. The number of hydrogen-bond donors (Lipinski definition) is 2. The number of hydrogen-bond acceptors (Lipinski definition) is 7. The molecular formula is C21H32N4O5S. The lowest BCUT2D eigenvalue weighted by molar-refractivity contribution is -0.117. The first-order valence-electron chi connectivity index (χ1n) is 10.5. The Morgan fingerprint density at radius 3 is 2.26 bits per heavy atom. The highest BCUT2D eigenvalue weighted by atomic mass is 32.2. The molecule has 0 saturated carbocycles. The zero-order valence-corrected chi connectivity index (χ0v) is 19.4. The van der Waals surface area contributed by atoms with Crippen molar-refractivity contribution in [2.24, 2.45) is 0 Å². The molecule has 0 aliphatic carbocycles. The minimum absolute atomic E-state index is 0.123. The Balaban J connectivity index is 1.49. The highest BCUT2D eigenvalue weighted by Crippen LogP contribution is 2.19. The van der Waals surface area contributed by atoms with Crippen LogP contribution in [0, 0.1) is 0 Å². The SMILES string of the molecule is CC(C)(C)OC(=O)c1ccc(NC(=O)[C@@H]2C[C@H](N3CCN(S(C)(=O)=O)CC3)CN2)cc1. The third-order valence-electron chi connectivity index (χ3n) is 5.47. The zero-order chi connectivity index (χ0) is 22.8. The van der Waals surface area contributed by atoms with Crippen molar-refractivity contribution in [1.29, 1.82) is 0 Å². The van der Waals surface area contributed by atoms with Gasteiger partial charge < -0.3 is 15.4 Å². The Labute approximate surface area is 184 Å². The molecule has 0 unspecified atom stereocenters. The van der Waals surface area contributed by atoms with Crippen molar-refractivity contribution in [3.8, 4) is 0 Å². The number of piperazine rings is 1. The van der Waals surface area contributed by atoms with Crippen LogP contribution in [0.2, 0.25) is 0 Å². The van der Waals surface area contributed by atoms with E-state index in [0.29, 0.717) is 50.4 Å². The molecule has 1 aromatic carbocycles. The summed E-state index contributed by atoms with van der Waals surface area (Å²) in [7, 11) is -3.15. The fraction of sp³-hybridized carbons (Fsp3) is 0.619. The van der Waals surface area contributed by atoms with Crippen LogP contribution >= 0.6 is 0 Å². The van der Waals surface area contributed by atoms with Crippen molar-refractivity contribution in [2.45, 2.75) is 44.9 Å². The molecule has 1 aromatic rings. The van der Waals surface area contributed by atoms with Gasteiger partial charge in [-0.25, -0.2) is 13.2 Å². The molecule has 2 heterocycles. The molecule has 9 nitrogen and oxygen atoms in total. The van der Waals surface area contributed by atoms with Gasteiger partial charge in [-0.15, -0.1) is 0 Å². The molecule has 0 aromatic heterocycles. The second-order valence-electron chi connectivity index (χ2n) is 9.12. The minimum Gasteiger partial charge on any atom is -0.456 e. The number of esters is 1. The van der Waals surface area contributed by atoms with E-state index in [2.05, 4.69) is 15.5 Å². The first kappa shape index (κ1) is 23.6. The average molecular weight is 453 g/mol. The maximum absolute atomic E-state index is 12.7. The summed E-state index contributed by atoms with van der Waals surface area (Å²) in [4.78, 5) is 27.0. The quantitative estimate of drug-likeness (QED) is 0.639. The van der Waals surface area contributed by atoms with Crippen LogP contribution in [-0.4, -0.2) is 86.2 Å². The number of benzene rings is 1. The van der Waals surface area contributed by atoms with Gasteiger partial charge in [0, 0.05) is 44.5 Å². The molecule has 2 aliphatic heterocycles. The van der Waals surface area contributed by atoms with Crippen LogP contribution in [-0.2, 0) is 19.6 Å². The zero-order valence-electron chi connectivity index (χ0n) is 18.6. The molecule has 172 valence electrons. The van der Waals surface area contributed by atoms with Crippen molar-refractivity contribution in [3.05, 3.63) is 29.8 Å². The first-order valence-corrected chi connectivity index (χ1v) is 12.3. The topological polar surface area (TPSA) is 108 Å². The highest BCUT2D eigenvalue weighted by molar-refractivity contribution is 7.88. The first-order chi connectivity index (χ1) is 14.4. The van der Waals surface area contributed by atoms with E-state index in [0.717, 1.165) is 0 Å². The number of amides is 1. The van der Waals surface area contributed by atoms with Crippen LogP contribution in [0.15, 0.2) is 24.3 Å². The lowest BCUT2D eigenvalue weighted by Gasteiger charge is -2.36. The van der Waals surface area contributed by atoms with Crippen molar-refractivity contribution in [2.75, 3.05) is 44.3 Å². The molecule has 2 saturated heterocycles. The predicted octanol–water partition coefficient (Wildman–Crippen LogP) is 0.888. The molecule has 0 spiro atoms. The van der Waals surface area contributed by atoms with E-state index in [-0.39, 0.29) is 18.0 Å². The second-order valence-corrected chi connectivity index (χ2v) is 11.1. The maximum atomic E-state index is 12.7. The number of sulfonamides is 1. The van der Waals surface area contributed by atoms with Crippen LogP contribution in [0.5, 0.6) is 0 Å². The number of nitrogens with zero attached hydrogens (tertiary/aromatic N) is 2. The molecule has 2 aliphatic rings. The van der Waals surface area contributed by atoms with Gasteiger partial charge in [-0.3, -0.25) is 9.69 Å². The molecule has 2 atom stereocenters. The van der Waals surface area contributed by atoms with Gasteiger partial charge in [0.15, 0.2) is 0 Å². The van der Waals surface area contributed by atoms with E-state index < -0.39 is 21.6 Å². The van der Waals surface area contributed by atoms with Gasteiger partial charge in [0.25, 0.3) is 0 Å². The summed E-state index contributed by atoms with van der Waals surface area (Å²) in [5, 5.41) is 6.15. The van der Waals surface area contributed by atoms with Crippen LogP contribution < -0.4 is 10.6 Å². The Morgan fingerprint density at radius 1 is 1.10 bits per heavy atom. The molecule has 2 N–H and O–H groups in total. The smallest absolute Gasteiger partial charge is 0.338 e. The molecular weight excluding hydrogens is 420 g/mol. The highest BCUT2D eigenvalue weighted by Gasteiger charge is 2.35. The van der Waals surface area contributed by atoms with Crippen LogP contribution in [0.1, 0.15) is 37.6 Å². The lowest BCUT2D eigenvalue weighted by atomic mass is 10.1. The van der Waals surface area contributed by atoms with Gasteiger partial charge in [0.1, 0.15) is 5.60 Å². The number of rotatable bonds is 5. The standard InChI is InChI=1S/C21H32N4O5S/c1-21(2,3)30-20(27)15-5-7-16(8-6-15)23-19(26)18-13-17(14-22-18)24-9-11-25(12-10-24)31(4,28)29/h5-8,17-18,22H,9-14H2,1-4H3,(H,23,26)/t17-,18-/m0/s1. The van der Waals surface area contributed by atoms with Crippen molar-refractivity contribution < 1.29 is 22.7 Å². The van der Waals surface area contributed by atoms with Crippen LogP contribution in [0.25, 0.3) is 0 Å². The van der Waals surface area contributed by atoms with Gasteiger partial charge in [-0.1, -0.05) is 0 Å².